The van der Waals surface area contributed by atoms with Crippen LogP contribution in [0.3, 0.4) is 0 Å². The van der Waals surface area contributed by atoms with Crippen molar-refractivity contribution in [3.05, 3.63) is 124 Å². The summed E-state index contributed by atoms with van der Waals surface area (Å²) in [5.74, 6) is -2.33. The van der Waals surface area contributed by atoms with Gasteiger partial charge in [0.1, 0.15) is 16.7 Å². The second-order valence-electron chi connectivity index (χ2n) is 19.0. The van der Waals surface area contributed by atoms with Gasteiger partial charge in [-0.25, -0.2) is 8.42 Å². The Balaban J connectivity index is 0.00000548. The van der Waals surface area contributed by atoms with E-state index in [0.717, 1.165) is 45.7 Å². The molecular formula is C49H61N2NaO14S4. The Labute approximate surface area is 435 Å². The first-order chi connectivity index (χ1) is 32.0. The van der Waals surface area contributed by atoms with E-state index in [1.54, 1.807) is 19.1 Å². The fourth-order valence-corrected chi connectivity index (χ4v) is 11.7. The van der Waals surface area contributed by atoms with E-state index in [2.05, 4.69) is 0 Å². The maximum absolute atomic E-state index is 12.3. The first-order valence-electron chi connectivity index (χ1n) is 22.7. The average molecular weight is 1050 g/mol. The Morgan fingerprint density at radius 1 is 0.800 bits per heavy atom. The number of aliphatic carboxylic acids is 1. The van der Waals surface area contributed by atoms with Crippen molar-refractivity contribution in [2.45, 2.75) is 113 Å². The molecule has 3 aromatic carbocycles. The minimum Gasteiger partial charge on any atom is -1.00 e. The summed E-state index contributed by atoms with van der Waals surface area (Å²) in [6.07, 6.45) is 11.9. The molecule has 0 fully saturated rings. The van der Waals surface area contributed by atoms with Gasteiger partial charge in [0.15, 0.2) is 5.71 Å². The summed E-state index contributed by atoms with van der Waals surface area (Å²) < 4.78 is 138. The molecule has 3 aromatic rings. The molecule has 1 unspecified atom stereocenters. The molecule has 0 amide bonds. The van der Waals surface area contributed by atoms with Crippen LogP contribution in [0.1, 0.15) is 110 Å². The number of carboxylic acids is 1. The van der Waals surface area contributed by atoms with Gasteiger partial charge in [-0.2, -0.15) is 29.8 Å². The van der Waals surface area contributed by atoms with E-state index >= 15 is 0 Å². The van der Waals surface area contributed by atoms with E-state index in [1.807, 2.05) is 85.7 Å². The van der Waals surface area contributed by atoms with Crippen molar-refractivity contribution in [2.75, 3.05) is 29.5 Å². The van der Waals surface area contributed by atoms with Gasteiger partial charge in [-0.05, 0) is 135 Å². The Bertz CT molecular complexity index is 3160. The Morgan fingerprint density at radius 2 is 1.44 bits per heavy atom. The molecule has 0 spiro atoms. The first-order valence-corrected chi connectivity index (χ1v) is 28.8. The molecule has 2 heterocycles. The number of aryl methyl sites for hydroxylation is 1. The molecule has 21 heteroatoms. The number of allylic oxidation sites excluding steroid dienone is 8. The van der Waals surface area contributed by atoms with Crippen LogP contribution in [0.15, 0.2) is 112 Å². The SMILES string of the molecule is CC(CCc1cccc(C2=C(C=CC3=[N+](CCCCS(=O)(=O)O)c4ccc(S(=O)(=O)[O-])cc4C3(C)C)CCCC2=CC=C2N(CCCCS(=O)(=O)O)c3ccc(S(=O)(=O)O)cc3C2(C)C)c1)C(=O)O.[H-].[Na+]. The number of carbonyl (C=O) groups is 1. The van der Waals surface area contributed by atoms with Gasteiger partial charge in [-0.1, -0.05) is 57.2 Å². The maximum Gasteiger partial charge on any atom is 1.00 e. The van der Waals surface area contributed by atoms with Crippen molar-refractivity contribution >= 4 is 69.1 Å². The zero-order valence-corrected chi connectivity index (χ0v) is 45.5. The molecule has 0 radical (unpaired) electrons. The number of fused-ring (bicyclic) bond motifs is 2. The molecular weight excluding hydrogens is 992 g/mol. The van der Waals surface area contributed by atoms with Gasteiger partial charge >= 0.3 is 35.5 Å². The van der Waals surface area contributed by atoms with Crippen LogP contribution in [0.5, 0.6) is 0 Å². The molecule has 4 N–H and O–H groups in total. The van der Waals surface area contributed by atoms with Crippen molar-refractivity contribution in [1.82, 2.24) is 0 Å². The number of unbranched alkanes of at least 4 members (excludes halogenated alkanes) is 2. The normalized spacial score (nSPS) is 18.7. The summed E-state index contributed by atoms with van der Waals surface area (Å²) in [4.78, 5) is 13.1. The fourth-order valence-electron chi connectivity index (χ4n) is 9.59. The smallest absolute Gasteiger partial charge is 1.00 e. The largest absolute Gasteiger partial charge is 1.00 e. The minimum atomic E-state index is -4.80. The molecule has 376 valence electrons. The number of hydrogen-bond acceptors (Lipinski definition) is 11. The third kappa shape index (κ3) is 13.6. The maximum atomic E-state index is 12.3. The van der Waals surface area contributed by atoms with Crippen LogP contribution in [0, 0.1) is 5.92 Å². The molecule has 1 atom stereocenters. The average Bonchev–Trinajstić information content (AvgIpc) is 3.59. The summed E-state index contributed by atoms with van der Waals surface area (Å²) in [5.41, 5.74) is 7.05. The third-order valence-corrected chi connectivity index (χ3v) is 16.6. The van der Waals surface area contributed by atoms with Crippen molar-refractivity contribution < 1.29 is 97.3 Å². The van der Waals surface area contributed by atoms with E-state index < -0.39 is 74.7 Å². The molecule has 70 heavy (non-hydrogen) atoms. The third-order valence-electron chi connectivity index (χ3n) is 13.3. The summed E-state index contributed by atoms with van der Waals surface area (Å²) in [6.45, 7) is 9.98. The summed E-state index contributed by atoms with van der Waals surface area (Å²) >= 11 is 0. The number of benzene rings is 3. The first kappa shape index (κ1) is 57.1. The van der Waals surface area contributed by atoms with Crippen molar-refractivity contribution in [3.8, 4) is 0 Å². The van der Waals surface area contributed by atoms with Crippen LogP contribution in [-0.4, -0.2) is 97.8 Å². The van der Waals surface area contributed by atoms with Crippen molar-refractivity contribution in [2.24, 2.45) is 5.92 Å². The fraction of sp³-hybridized carbons (Fsp3) is 0.429. The van der Waals surface area contributed by atoms with Crippen molar-refractivity contribution in [1.29, 1.82) is 0 Å². The molecule has 2 aliphatic heterocycles. The Kier molecular flexibility index (Phi) is 18.1. The number of rotatable bonds is 20. The quantitative estimate of drug-likeness (QED) is 0.0495. The van der Waals surface area contributed by atoms with E-state index in [-0.39, 0.29) is 53.6 Å². The van der Waals surface area contributed by atoms with Gasteiger partial charge in [-0.15, -0.1) is 0 Å². The van der Waals surface area contributed by atoms with E-state index in [1.165, 1.54) is 24.3 Å². The van der Waals surface area contributed by atoms with Crippen LogP contribution >= 0.6 is 0 Å². The van der Waals surface area contributed by atoms with Gasteiger partial charge in [0.2, 0.25) is 5.69 Å². The molecule has 0 bridgehead atoms. The molecule has 0 saturated heterocycles. The molecule has 3 aliphatic rings. The van der Waals surface area contributed by atoms with Crippen LogP contribution in [0.25, 0.3) is 5.57 Å². The second kappa shape index (κ2) is 22.1. The van der Waals surface area contributed by atoms with Crippen LogP contribution in [-0.2, 0) is 62.5 Å². The van der Waals surface area contributed by atoms with Gasteiger partial charge in [0, 0.05) is 47.5 Å². The van der Waals surface area contributed by atoms with Gasteiger partial charge in [0.05, 0.1) is 32.6 Å². The van der Waals surface area contributed by atoms with E-state index in [0.29, 0.717) is 74.1 Å². The monoisotopic (exact) mass is 1050 g/mol. The van der Waals surface area contributed by atoms with Crippen LogP contribution < -0.4 is 34.5 Å². The van der Waals surface area contributed by atoms with Crippen molar-refractivity contribution in [3.63, 3.8) is 0 Å². The van der Waals surface area contributed by atoms with E-state index in [4.69, 9.17) is 0 Å². The summed E-state index contributed by atoms with van der Waals surface area (Å²) in [5, 5.41) is 9.61. The van der Waals surface area contributed by atoms with Crippen LogP contribution in [0.4, 0.5) is 11.4 Å². The van der Waals surface area contributed by atoms with E-state index in [9.17, 15) is 61.8 Å². The summed E-state index contributed by atoms with van der Waals surface area (Å²) in [6, 6.07) is 16.5. The molecule has 6 rings (SSSR count). The number of carboxylic acid groups (broad SMARTS) is 1. The number of anilines is 1. The second-order valence-corrected chi connectivity index (χ2v) is 25.0. The van der Waals surface area contributed by atoms with Crippen LogP contribution in [0.2, 0.25) is 0 Å². The minimum absolute atomic E-state index is 0. The Hall–Kier alpha value is -3.80. The van der Waals surface area contributed by atoms with Gasteiger partial charge in [-0.3, -0.25) is 18.5 Å². The van der Waals surface area contributed by atoms with Gasteiger partial charge in [0.25, 0.3) is 30.4 Å². The molecule has 16 nitrogen and oxygen atoms in total. The predicted molar refractivity (Wildman–Crippen MR) is 264 cm³/mol. The predicted octanol–water partition coefficient (Wildman–Crippen LogP) is 5.12. The summed E-state index contributed by atoms with van der Waals surface area (Å²) in [7, 11) is -17.8. The molecule has 0 saturated carbocycles. The zero-order valence-electron chi connectivity index (χ0n) is 41.3. The number of nitrogens with zero attached hydrogens (tertiary/aromatic N) is 2. The molecule has 0 aromatic heterocycles. The topological polar surface area (TPSA) is 264 Å². The van der Waals surface area contributed by atoms with Gasteiger partial charge < -0.3 is 16.0 Å². The zero-order chi connectivity index (χ0) is 50.9. The molecule has 1 aliphatic carbocycles. The standard InChI is InChI=1S/C49H60N2O14S4.Na.H/c1-33(47(52)53)16-17-34-12-10-15-37(30-34)46-35(18-24-44-48(2,3)40-31-38(68(60,61)62)20-22-42(40)50(44)26-6-8-28-66(54,55)56)13-11-14-36(46)19-25-45-49(4,5)41-32-39(69(63,64)65)21-23-43(41)51(45)27-7-9-29-67(57,58)59;;/h10,12,15,18-25,30-33H,6-9,11,13-14,16-17,26-29H2,1-5H3,(H4-,52,53,54,55,56,57,58,59,60,61,62,63,64,65);;/q;+1;-1. The number of hydrogen-bond donors (Lipinski definition) is 4. The Morgan fingerprint density at radius 3 is 2.07 bits per heavy atom.